The first kappa shape index (κ1) is 22.4. The number of piperazine rings is 1. The fourth-order valence-corrected chi connectivity index (χ4v) is 4.00. The Morgan fingerprint density at radius 3 is 2.44 bits per heavy atom. The van der Waals surface area contributed by atoms with E-state index in [2.05, 4.69) is 15.1 Å². The van der Waals surface area contributed by atoms with Crippen LogP contribution < -0.4 is 5.32 Å². The molecule has 2 aliphatic heterocycles. The molecule has 0 radical (unpaired) electrons. The Morgan fingerprint density at radius 2 is 1.72 bits per heavy atom. The molecule has 1 amide bonds. The minimum absolute atomic E-state index is 0.0515. The smallest absolute Gasteiger partial charge is 0.289 e. The van der Waals surface area contributed by atoms with Crippen molar-refractivity contribution in [1.29, 1.82) is 0 Å². The molecule has 32 heavy (non-hydrogen) atoms. The van der Waals surface area contributed by atoms with Crippen LogP contribution in [0.4, 0.5) is 0 Å². The monoisotopic (exact) mass is 443 g/mol. The van der Waals surface area contributed by atoms with Crippen LogP contribution in [-0.4, -0.2) is 98.7 Å². The van der Waals surface area contributed by atoms with Crippen molar-refractivity contribution in [2.24, 2.45) is 4.99 Å². The maximum Gasteiger partial charge on any atom is 0.289 e. The van der Waals surface area contributed by atoms with Gasteiger partial charge in [0.05, 0.1) is 25.7 Å². The Balaban J connectivity index is 1.28. The summed E-state index contributed by atoms with van der Waals surface area (Å²) in [6, 6.07) is 7.35. The molecule has 2 aliphatic rings. The normalized spacial score (nSPS) is 18.2. The van der Waals surface area contributed by atoms with Crippen molar-refractivity contribution in [3.8, 4) is 0 Å². The SMILES string of the molecule is O=C(c1ccco1)N1CCN(C(=NCCCN2CCOCC2)NCCc2ccco2)CC1. The summed E-state index contributed by atoms with van der Waals surface area (Å²) in [5.74, 6) is 2.21. The van der Waals surface area contributed by atoms with E-state index in [1.807, 2.05) is 17.0 Å². The minimum Gasteiger partial charge on any atom is -0.469 e. The molecule has 0 bridgehead atoms. The highest BCUT2D eigenvalue weighted by atomic mass is 16.5. The van der Waals surface area contributed by atoms with Crippen molar-refractivity contribution in [3.05, 3.63) is 48.3 Å². The van der Waals surface area contributed by atoms with Crippen LogP contribution in [0, 0.1) is 0 Å². The molecular weight excluding hydrogens is 410 g/mol. The third-order valence-corrected chi connectivity index (χ3v) is 5.83. The van der Waals surface area contributed by atoms with Gasteiger partial charge in [-0.15, -0.1) is 0 Å². The molecule has 0 spiro atoms. The third kappa shape index (κ3) is 6.37. The van der Waals surface area contributed by atoms with Crippen molar-refractivity contribution in [3.63, 3.8) is 0 Å². The number of carbonyl (C=O) groups is 1. The Hall–Kier alpha value is -2.78. The zero-order valence-corrected chi connectivity index (χ0v) is 18.6. The number of furan rings is 2. The number of carbonyl (C=O) groups excluding carboxylic acids is 1. The third-order valence-electron chi connectivity index (χ3n) is 5.83. The van der Waals surface area contributed by atoms with Crippen LogP contribution in [0.1, 0.15) is 22.7 Å². The summed E-state index contributed by atoms with van der Waals surface area (Å²) in [7, 11) is 0. The highest BCUT2D eigenvalue weighted by Gasteiger charge is 2.25. The van der Waals surface area contributed by atoms with Crippen molar-refractivity contribution in [1.82, 2.24) is 20.0 Å². The van der Waals surface area contributed by atoms with Gasteiger partial charge in [0.2, 0.25) is 0 Å². The number of hydrogen-bond donors (Lipinski definition) is 1. The van der Waals surface area contributed by atoms with E-state index in [1.165, 1.54) is 6.26 Å². The van der Waals surface area contributed by atoms with Crippen LogP contribution in [-0.2, 0) is 11.2 Å². The van der Waals surface area contributed by atoms with E-state index < -0.39 is 0 Å². The fraction of sp³-hybridized carbons (Fsp3) is 0.565. The Bertz CT molecular complexity index is 823. The van der Waals surface area contributed by atoms with Gasteiger partial charge in [0.25, 0.3) is 5.91 Å². The molecule has 4 rings (SSSR count). The molecule has 9 heteroatoms. The van der Waals surface area contributed by atoms with Gasteiger partial charge in [-0.05, 0) is 30.7 Å². The summed E-state index contributed by atoms with van der Waals surface area (Å²) in [6.07, 6.45) is 5.05. The predicted molar refractivity (Wildman–Crippen MR) is 121 cm³/mol. The number of amides is 1. The van der Waals surface area contributed by atoms with Gasteiger partial charge in [0.15, 0.2) is 11.7 Å². The lowest BCUT2D eigenvalue weighted by molar-refractivity contribution is 0.0377. The number of morpholine rings is 1. The lowest BCUT2D eigenvalue weighted by Crippen LogP contribution is -2.54. The molecule has 2 aromatic rings. The first-order chi connectivity index (χ1) is 15.8. The standard InChI is InChI=1S/C23H33N5O4/c29-22(21-5-2-17-32-21)27-10-12-28(13-11-27)23(25-8-6-20-4-1-16-31-20)24-7-3-9-26-14-18-30-19-15-26/h1-2,4-5,16-17H,3,6-15,18-19H2,(H,24,25). The molecule has 4 heterocycles. The summed E-state index contributed by atoms with van der Waals surface area (Å²) < 4.78 is 16.1. The van der Waals surface area contributed by atoms with E-state index in [-0.39, 0.29) is 5.91 Å². The maximum atomic E-state index is 12.5. The number of hydrogen-bond acceptors (Lipinski definition) is 6. The highest BCUT2D eigenvalue weighted by Crippen LogP contribution is 2.10. The maximum absolute atomic E-state index is 12.5. The van der Waals surface area contributed by atoms with Gasteiger partial charge in [-0.1, -0.05) is 0 Å². The number of nitrogens with zero attached hydrogens (tertiary/aromatic N) is 4. The molecule has 174 valence electrons. The average molecular weight is 444 g/mol. The molecular formula is C23H33N5O4. The number of guanidine groups is 1. The number of aliphatic imine (C=N–C) groups is 1. The van der Waals surface area contributed by atoms with Gasteiger partial charge < -0.3 is 28.7 Å². The first-order valence-electron chi connectivity index (χ1n) is 11.5. The van der Waals surface area contributed by atoms with Crippen LogP contribution in [0.5, 0.6) is 0 Å². The van der Waals surface area contributed by atoms with Crippen LogP contribution >= 0.6 is 0 Å². The van der Waals surface area contributed by atoms with Crippen LogP contribution in [0.3, 0.4) is 0 Å². The van der Waals surface area contributed by atoms with Gasteiger partial charge in [-0.3, -0.25) is 14.7 Å². The molecule has 0 unspecified atom stereocenters. The molecule has 9 nitrogen and oxygen atoms in total. The molecule has 2 fully saturated rings. The largest absolute Gasteiger partial charge is 0.469 e. The minimum atomic E-state index is -0.0515. The fourth-order valence-electron chi connectivity index (χ4n) is 4.00. The van der Waals surface area contributed by atoms with E-state index in [9.17, 15) is 4.79 Å². The summed E-state index contributed by atoms with van der Waals surface area (Å²) >= 11 is 0. The van der Waals surface area contributed by atoms with E-state index >= 15 is 0 Å². The summed E-state index contributed by atoms with van der Waals surface area (Å²) in [5, 5.41) is 3.50. The van der Waals surface area contributed by atoms with Gasteiger partial charge in [0.1, 0.15) is 5.76 Å². The number of nitrogens with one attached hydrogen (secondary N) is 1. The lowest BCUT2D eigenvalue weighted by atomic mass is 10.3. The van der Waals surface area contributed by atoms with Crippen molar-refractivity contribution < 1.29 is 18.4 Å². The second-order valence-electron chi connectivity index (χ2n) is 8.03. The number of rotatable bonds is 8. The molecule has 1 N–H and O–H groups in total. The van der Waals surface area contributed by atoms with Gasteiger partial charge in [-0.2, -0.15) is 0 Å². The predicted octanol–water partition coefficient (Wildman–Crippen LogP) is 1.54. The zero-order valence-electron chi connectivity index (χ0n) is 18.6. The summed E-state index contributed by atoms with van der Waals surface area (Å²) in [4.78, 5) is 24.0. The molecule has 0 aromatic carbocycles. The quantitative estimate of drug-likeness (QED) is 0.376. The Morgan fingerprint density at radius 1 is 0.969 bits per heavy atom. The second kappa shape index (κ2) is 11.7. The van der Waals surface area contributed by atoms with Crippen molar-refractivity contribution in [2.75, 3.05) is 72.1 Å². The Kier molecular flexibility index (Phi) is 8.22. The second-order valence-corrected chi connectivity index (χ2v) is 8.03. The lowest BCUT2D eigenvalue weighted by Gasteiger charge is -2.36. The van der Waals surface area contributed by atoms with Crippen molar-refractivity contribution >= 4 is 11.9 Å². The molecule has 2 aromatic heterocycles. The number of ether oxygens (including phenoxy) is 1. The van der Waals surface area contributed by atoms with E-state index in [0.29, 0.717) is 18.8 Å². The summed E-state index contributed by atoms with van der Waals surface area (Å²) in [6.45, 7) is 8.98. The van der Waals surface area contributed by atoms with E-state index in [0.717, 1.165) is 83.6 Å². The summed E-state index contributed by atoms with van der Waals surface area (Å²) in [5.41, 5.74) is 0. The van der Waals surface area contributed by atoms with E-state index in [1.54, 1.807) is 18.4 Å². The first-order valence-corrected chi connectivity index (χ1v) is 11.5. The average Bonchev–Trinajstić information content (AvgIpc) is 3.56. The van der Waals surface area contributed by atoms with Crippen LogP contribution in [0.25, 0.3) is 0 Å². The molecule has 0 aliphatic carbocycles. The zero-order chi connectivity index (χ0) is 22.0. The highest BCUT2D eigenvalue weighted by molar-refractivity contribution is 5.91. The molecule has 0 saturated carbocycles. The van der Waals surface area contributed by atoms with Crippen LogP contribution in [0.2, 0.25) is 0 Å². The van der Waals surface area contributed by atoms with E-state index in [4.69, 9.17) is 18.6 Å². The van der Waals surface area contributed by atoms with Gasteiger partial charge >= 0.3 is 0 Å². The topological polar surface area (TPSA) is 86.7 Å². The Labute approximate surface area is 189 Å². The van der Waals surface area contributed by atoms with Crippen LogP contribution in [0.15, 0.2) is 50.6 Å². The molecule has 2 saturated heterocycles. The van der Waals surface area contributed by atoms with Gasteiger partial charge in [-0.25, -0.2) is 0 Å². The van der Waals surface area contributed by atoms with Gasteiger partial charge in [0, 0.05) is 65.3 Å². The van der Waals surface area contributed by atoms with Crippen molar-refractivity contribution in [2.45, 2.75) is 12.8 Å². The molecule has 0 atom stereocenters.